The van der Waals surface area contributed by atoms with E-state index >= 15 is 0 Å². The lowest BCUT2D eigenvalue weighted by atomic mass is 9.89. The number of nitrogens with one attached hydrogen (secondary N) is 1. The predicted octanol–water partition coefficient (Wildman–Crippen LogP) is 2.71. The van der Waals surface area contributed by atoms with Crippen molar-refractivity contribution in [3.63, 3.8) is 0 Å². The van der Waals surface area contributed by atoms with Crippen LogP contribution in [0.3, 0.4) is 0 Å². The zero-order chi connectivity index (χ0) is 17.6. The summed E-state index contributed by atoms with van der Waals surface area (Å²) in [6.45, 7) is 2.60. The average Bonchev–Trinajstić information content (AvgIpc) is 2.58. The molecule has 1 N–H and O–H groups in total. The van der Waals surface area contributed by atoms with Crippen LogP contribution in [0.5, 0.6) is 0 Å². The molecular formula is C18H28N2O3S. The van der Waals surface area contributed by atoms with Gasteiger partial charge in [-0.15, -0.1) is 0 Å². The van der Waals surface area contributed by atoms with Crippen LogP contribution in [0.25, 0.3) is 0 Å². The standard InChI is InChI=1S/C18H28N2O3S/c1-3-15-9-7-8-12-17(15)20(24(2,22)23)14-13-19-18(21)16-10-5-4-6-11-16/h7-9,12,16H,3-6,10-11,13-14H2,1-2H3,(H,19,21). The number of sulfonamides is 1. The maximum Gasteiger partial charge on any atom is 0.232 e. The number of nitrogens with zero attached hydrogens (tertiary/aromatic N) is 1. The second kappa shape index (κ2) is 8.51. The van der Waals surface area contributed by atoms with Gasteiger partial charge >= 0.3 is 0 Å². The van der Waals surface area contributed by atoms with E-state index < -0.39 is 10.0 Å². The molecule has 1 aromatic carbocycles. The Morgan fingerprint density at radius 2 is 1.88 bits per heavy atom. The molecule has 0 radical (unpaired) electrons. The Balaban J connectivity index is 2.01. The summed E-state index contributed by atoms with van der Waals surface area (Å²) in [7, 11) is -3.39. The first-order valence-corrected chi connectivity index (χ1v) is 10.6. The Bertz CT molecular complexity index is 652. The molecule has 0 aliphatic heterocycles. The van der Waals surface area contributed by atoms with Gasteiger partial charge in [0.05, 0.1) is 18.5 Å². The molecule has 24 heavy (non-hydrogen) atoms. The number of carbonyl (C=O) groups is 1. The number of amides is 1. The van der Waals surface area contributed by atoms with Gasteiger partial charge in [-0.2, -0.15) is 0 Å². The molecule has 1 saturated carbocycles. The number of aryl methyl sites for hydroxylation is 1. The number of rotatable bonds is 7. The second-order valence-electron chi connectivity index (χ2n) is 6.44. The van der Waals surface area contributed by atoms with Crippen molar-refractivity contribution < 1.29 is 13.2 Å². The van der Waals surface area contributed by atoms with Crippen LogP contribution in [0, 0.1) is 5.92 Å². The van der Waals surface area contributed by atoms with Gasteiger partial charge in [0.2, 0.25) is 15.9 Å². The van der Waals surface area contributed by atoms with Crippen molar-refractivity contribution >= 4 is 21.6 Å². The SMILES string of the molecule is CCc1ccccc1N(CCNC(=O)C1CCCCC1)S(C)(=O)=O. The van der Waals surface area contributed by atoms with E-state index in [-0.39, 0.29) is 18.4 Å². The minimum atomic E-state index is -3.39. The first kappa shape index (κ1) is 18.8. The number of hydrogen-bond donors (Lipinski definition) is 1. The third-order valence-electron chi connectivity index (χ3n) is 4.63. The number of hydrogen-bond acceptors (Lipinski definition) is 3. The molecule has 1 fully saturated rings. The quantitative estimate of drug-likeness (QED) is 0.820. The molecule has 0 heterocycles. The van der Waals surface area contributed by atoms with E-state index in [1.54, 1.807) is 0 Å². The molecule has 0 bridgehead atoms. The molecule has 1 aliphatic rings. The summed E-state index contributed by atoms with van der Waals surface area (Å²) < 4.78 is 25.8. The van der Waals surface area contributed by atoms with Crippen LogP contribution in [0.2, 0.25) is 0 Å². The summed E-state index contributed by atoms with van der Waals surface area (Å²) in [5.41, 5.74) is 1.69. The molecule has 6 heteroatoms. The molecule has 2 rings (SSSR count). The van der Waals surface area contributed by atoms with Crippen molar-refractivity contribution in [2.45, 2.75) is 45.4 Å². The summed E-state index contributed by atoms with van der Waals surface area (Å²) in [6.07, 6.45) is 7.29. The van der Waals surface area contributed by atoms with E-state index in [1.807, 2.05) is 31.2 Å². The van der Waals surface area contributed by atoms with E-state index in [1.165, 1.54) is 17.0 Å². The van der Waals surface area contributed by atoms with Gasteiger partial charge in [-0.3, -0.25) is 9.10 Å². The summed E-state index contributed by atoms with van der Waals surface area (Å²) >= 11 is 0. The predicted molar refractivity (Wildman–Crippen MR) is 97.6 cm³/mol. The highest BCUT2D eigenvalue weighted by Gasteiger charge is 2.22. The van der Waals surface area contributed by atoms with Gasteiger partial charge in [0.25, 0.3) is 0 Å². The fourth-order valence-electron chi connectivity index (χ4n) is 3.31. The lowest BCUT2D eigenvalue weighted by Crippen LogP contribution is -2.40. The molecule has 134 valence electrons. The fraction of sp³-hybridized carbons (Fsp3) is 0.611. The monoisotopic (exact) mass is 352 g/mol. The van der Waals surface area contributed by atoms with Crippen molar-refractivity contribution in [2.75, 3.05) is 23.7 Å². The van der Waals surface area contributed by atoms with Crippen LogP contribution in [-0.4, -0.2) is 33.7 Å². The molecule has 0 saturated heterocycles. The van der Waals surface area contributed by atoms with E-state index in [2.05, 4.69) is 5.32 Å². The first-order valence-electron chi connectivity index (χ1n) is 8.76. The van der Waals surface area contributed by atoms with E-state index in [9.17, 15) is 13.2 Å². The topological polar surface area (TPSA) is 66.5 Å². The van der Waals surface area contributed by atoms with Gasteiger partial charge in [-0.1, -0.05) is 44.4 Å². The van der Waals surface area contributed by atoms with Crippen LogP contribution in [0.1, 0.15) is 44.6 Å². The smallest absolute Gasteiger partial charge is 0.232 e. The maximum atomic E-state index is 12.2. The van der Waals surface area contributed by atoms with Gasteiger partial charge < -0.3 is 5.32 Å². The molecule has 0 spiro atoms. The molecule has 1 aliphatic carbocycles. The Kier molecular flexibility index (Phi) is 6.66. The van der Waals surface area contributed by atoms with Crippen molar-refractivity contribution in [1.82, 2.24) is 5.32 Å². The number of carbonyl (C=O) groups excluding carboxylic acids is 1. The lowest BCUT2D eigenvalue weighted by Gasteiger charge is -2.26. The Morgan fingerprint density at radius 1 is 1.21 bits per heavy atom. The number of anilines is 1. The molecule has 5 nitrogen and oxygen atoms in total. The third kappa shape index (κ3) is 4.97. The van der Waals surface area contributed by atoms with Crippen molar-refractivity contribution in [3.8, 4) is 0 Å². The largest absolute Gasteiger partial charge is 0.354 e. The normalized spacial score (nSPS) is 15.9. The van der Waals surface area contributed by atoms with Crippen molar-refractivity contribution in [2.24, 2.45) is 5.92 Å². The summed E-state index contributed by atoms with van der Waals surface area (Å²) in [4.78, 5) is 12.2. The molecule has 0 aromatic heterocycles. The molecule has 1 amide bonds. The van der Waals surface area contributed by atoms with E-state index in [0.717, 1.165) is 37.7 Å². The van der Waals surface area contributed by atoms with Gasteiger partial charge in [0.1, 0.15) is 0 Å². The van der Waals surface area contributed by atoms with Crippen LogP contribution >= 0.6 is 0 Å². The summed E-state index contributed by atoms with van der Waals surface area (Å²) in [6, 6.07) is 7.51. The third-order valence-corrected chi connectivity index (χ3v) is 5.81. The van der Waals surface area contributed by atoms with Crippen LogP contribution in [0.15, 0.2) is 24.3 Å². The highest BCUT2D eigenvalue weighted by Crippen LogP contribution is 2.24. The van der Waals surface area contributed by atoms with Crippen LogP contribution in [0.4, 0.5) is 5.69 Å². The average molecular weight is 353 g/mol. The minimum Gasteiger partial charge on any atom is -0.354 e. The molecule has 1 aromatic rings. The summed E-state index contributed by atoms with van der Waals surface area (Å²) in [5.74, 6) is 0.153. The Morgan fingerprint density at radius 3 is 2.50 bits per heavy atom. The van der Waals surface area contributed by atoms with Crippen molar-refractivity contribution in [1.29, 1.82) is 0 Å². The maximum absolute atomic E-state index is 12.2. The Labute approximate surface area is 145 Å². The van der Waals surface area contributed by atoms with Gasteiger partial charge in [0.15, 0.2) is 0 Å². The van der Waals surface area contributed by atoms with E-state index in [0.29, 0.717) is 12.2 Å². The van der Waals surface area contributed by atoms with Gasteiger partial charge in [0, 0.05) is 12.5 Å². The van der Waals surface area contributed by atoms with E-state index in [4.69, 9.17) is 0 Å². The number of para-hydroxylation sites is 1. The summed E-state index contributed by atoms with van der Waals surface area (Å²) in [5, 5.41) is 2.92. The molecule has 0 atom stereocenters. The van der Waals surface area contributed by atoms with Crippen molar-refractivity contribution in [3.05, 3.63) is 29.8 Å². The highest BCUT2D eigenvalue weighted by molar-refractivity contribution is 7.92. The number of benzene rings is 1. The Hall–Kier alpha value is -1.56. The first-order chi connectivity index (χ1) is 11.4. The molecule has 0 unspecified atom stereocenters. The van der Waals surface area contributed by atoms with Crippen LogP contribution < -0.4 is 9.62 Å². The van der Waals surface area contributed by atoms with Gasteiger partial charge in [-0.25, -0.2) is 8.42 Å². The van der Waals surface area contributed by atoms with Gasteiger partial charge in [-0.05, 0) is 30.9 Å². The lowest BCUT2D eigenvalue weighted by molar-refractivity contribution is -0.125. The molecular weight excluding hydrogens is 324 g/mol. The zero-order valence-corrected chi connectivity index (χ0v) is 15.4. The minimum absolute atomic E-state index is 0.0620. The second-order valence-corrected chi connectivity index (χ2v) is 8.35. The van der Waals surface area contributed by atoms with Crippen LogP contribution in [-0.2, 0) is 21.2 Å². The highest BCUT2D eigenvalue weighted by atomic mass is 32.2. The zero-order valence-electron chi connectivity index (χ0n) is 14.6. The fourth-order valence-corrected chi connectivity index (χ4v) is 4.27.